The summed E-state index contributed by atoms with van der Waals surface area (Å²) < 4.78 is 54.1. The topological polar surface area (TPSA) is 101 Å². The van der Waals surface area contributed by atoms with Crippen molar-refractivity contribution >= 4 is 32.5 Å². The zero-order valence-corrected chi connectivity index (χ0v) is 18.5. The summed E-state index contributed by atoms with van der Waals surface area (Å²) in [6.45, 7) is -2.36. The van der Waals surface area contributed by atoms with Crippen LogP contribution in [0, 0.1) is 11.3 Å². The summed E-state index contributed by atoms with van der Waals surface area (Å²) in [5.41, 5.74) is 1.65. The van der Waals surface area contributed by atoms with E-state index in [2.05, 4.69) is 16.0 Å². The molecular formula is C22H16ClF2N5O2S. The van der Waals surface area contributed by atoms with Gasteiger partial charge in [-0.05, 0) is 42.5 Å². The third-order valence-corrected chi connectivity index (χ3v) is 6.64. The van der Waals surface area contributed by atoms with Gasteiger partial charge in [0, 0.05) is 22.8 Å². The fourth-order valence-corrected chi connectivity index (χ4v) is 4.73. The molecule has 1 N–H and O–H groups in total. The Bertz CT molecular complexity index is 1450. The Balaban J connectivity index is 1.89. The highest BCUT2D eigenvalue weighted by atomic mass is 35.5. The van der Waals surface area contributed by atoms with Crippen LogP contribution in [0.4, 0.5) is 8.78 Å². The van der Waals surface area contributed by atoms with E-state index in [1.54, 1.807) is 47.2 Å². The van der Waals surface area contributed by atoms with E-state index < -0.39 is 29.4 Å². The molecule has 7 nitrogen and oxygen atoms in total. The van der Waals surface area contributed by atoms with Crippen molar-refractivity contribution in [3.8, 4) is 23.3 Å². The second-order valence-corrected chi connectivity index (χ2v) is 9.18. The van der Waals surface area contributed by atoms with Crippen LogP contribution in [-0.4, -0.2) is 42.3 Å². The quantitative estimate of drug-likeness (QED) is 0.421. The monoisotopic (exact) mass is 487 g/mol. The lowest BCUT2D eigenvalue weighted by Gasteiger charge is -2.13. The van der Waals surface area contributed by atoms with Crippen molar-refractivity contribution in [1.29, 1.82) is 5.26 Å². The zero-order chi connectivity index (χ0) is 23.6. The largest absolute Gasteiger partial charge is 0.291 e. The first-order chi connectivity index (χ1) is 15.9. The van der Waals surface area contributed by atoms with Gasteiger partial charge in [0.1, 0.15) is 30.1 Å². The highest BCUT2D eigenvalue weighted by molar-refractivity contribution is 7.89. The van der Waals surface area contributed by atoms with E-state index in [1.807, 2.05) is 4.72 Å². The molecule has 0 aliphatic heterocycles. The molecule has 3 heterocycles. The number of alkyl halides is 2. The molecule has 0 radical (unpaired) electrons. The molecule has 0 amide bonds. The van der Waals surface area contributed by atoms with E-state index in [-0.39, 0.29) is 10.5 Å². The van der Waals surface area contributed by atoms with Gasteiger partial charge >= 0.3 is 0 Å². The summed E-state index contributed by atoms with van der Waals surface area (Å²) in [4.78, 5) is 8.36. The van der Waals surface area contributed by atoms with Crippen molar-refractivity contribution in [3.05, 3.63) is 71.5 Å². The third-order valence-electron chi connectivity index (χ3n) is 4.90. The van der Waals surface area contributed by atoms with Crippen molar-refractivity contribution in [2.24, 2.45) is 0 Å². The normalized spacial score (nSPS) is 11.7. The number of aromatic nitrogens is 3. The van der Waals surface area contributed by atoms with Crippen molar-refractivity contribution in [2.75, 3.05) is 13.3 Å². The SMILES string of the molecule is N#Cc1c(-c2ccc(S(=O)(=O)NC(CF)CF)cn2)n(-c2ccccn2)c2ccc(Cl)cc12. The minimum absolute atomic E-state index is 0.264. The Labute approximate surface area is 193 Å². The Morgan fingerprint density at radius 3 is 2.52 bits per heavy atom. The number of hydrogen-bond acceptors (Lipinski definition) is 5. The van der Waals surface area contributed by atoms with E-state index in [0.29, 0.717) is 33.1 Å². The van der Waals surface area contributed by atoms with Gasteiger partial charge in [-0.15, -0.1) is 0 Å². The van der Waals surface area contributed by atoms with Crippen LogP contribution in [0.5, 0.6) is 0 Å². The minimum atomic E-state index is -4.18. The predicted molar refractivity (Wildman–Crippen MR) is 120 cm³/mol. The van der Waals surface area contributed by atoms with Crippen molar-refractivity contribution in [3.63, 3.8) is 0 Å². The first-order valence-corrected chi connectivity index (χ1v) is 11.5. The molecule has 0 saturated carbocycles. The number of pyridine rings is 2. The molecule has 0 bridgehead atoms. The second-order valence-electron chi connectivity index (χ2n) is 7.03. The van der Waals surface area contributed by atoms with Gasteiger partial charge in [0.15, 0.2) is 0 Å². The van der Waals surface area contributed by atoms with E-state index in [4.69, 9.17) is 11.6 Å². The fraction of sp³-hybridized carbons (Fsp3) is 0.136. The molecule has 3 aromatic heterocycles. The molecule has 11 heteroatoms. The standard InChI is InChI=1S/C22H16ClF2N5O2S/c23-14-4-7-20-17(9-14)18(12-26)22(30(20)21-3-1-2-8-27-21)19-6-5-16(13-28-19)33(31,32)29-15(10-24)11-25/h1-9,13,15,29H,10-11H2. The van der Waals surface area contributed by atoms with E-state index in [9.17, 15) is 22.5 Å². The molecule has 4 aromatic rings. The molecule has 1 aromatic carbocycles. The molecule has 0 unspecified atom stereocenters. The fourth-order valence-electron chi connectivity index (χ4n) is 3.41. The summed E-state index contributed by atoms with van der Waals surface area (Å²) in [5, 5.41) is 11.0. The van der Waals surface area contributed by atoms with Crippen molar-refractivity contribution < 1.29 is 17.2 Å². The number of fused-ring (bicyclic) bond motifs is 1. The van der Waals surface area contributed by atoms with Gasteiger partial charge in [-0.1, -0.05) is 17.7 Å². The van der Waals surface area contributed by atoms with Crippen LogP contribution in [0.25, 0.3) is 28.1 Å². The molecule has 33 heavy (non-hydrogen) atoms. The molecule has 0 spiro atoms. The molecular weight excluding hydrogens is 472 g/mol. The summed E-state index contributed by atoms with van der Waals surface area (Å²) in [5.74, 6) is 0.523. The number of nitrogens with one attached hydrogen (secondary N) is 1. The van der Waals surface area contributed by atoms with Crippen LogP contribution in [0.3, 0.4) is 0 Å². The first kappa shape index (κ1) is 22.8. The highest BCUT2D eigenvalue weighted by Crippen LogP contribution is 2.36. The maximum absolute atomic E-state index is 12.8. The molecule has 168 valence electrons. The first-order valence-electron chi connectivity index (χ1n) is 9.65. The highest BCUT2D eigenvalue weighted by Gasteiger charge is 2.24. The van der Waals surface area contributed by atoms with E-state index >= 15 is 0 Å². The smallest absolute Gasteiger partial charge is 0.242 e. The Kier molecular flexibility index (Phi) is 6.37. The molecule has 0 aliphatic rings. The zero-order valence-electron chi connectivity index (χ0n) is 16.9. The van der Waals surface area contributed by atoms with Crippen LogP contribution in [0.1, 0.15) is 5.56 Å². The lowest BCUT2D eigenvalue weighted by molar-refractivity contribution is 0.334. The van der Waals surface area contributed by atoms with E-state index in [1.165, 1.54) is 12.1 Å². The Morgan fingerprint density at radius 2 is 1.91 bits per heavy atom. The van der Waals surface area contributed by atoms with Gasteiger partial charge in [-0.25, -0.2) is 26.9 Å². The number of nitriles is 1. The van der Waals surface area contributed by atoms with Crippen LogP contribution in [0.15, 0.2) is 65.8 Å². The van der Waals surface area contributed by atoms with Crippen molar-refractivity contribution in [1.82, 2.24) is 19.3 Å². The molecule has 0 atom stereocenters. The maximum atomic E-state index is 12.8. The lowest BCUT2D eigenvalue weighted by atomic mass is 10.1. The Hall–Kier alpha value is -3.39. The summed E-state index contributed by atoms with van der Waals surface area (Å²) in [6.07, 6.45) is 2.67. The Morgan fingerprint density at radius 1 is 1.12 bits per heavy atom. The number of sulfonamides is 1. The molecule has 4 rings (SSSR count). The summed E-state index contributed by atoms with van der Waals surface area (Å²) in [7, 11) is -4.18. The van der Waals surface area contributed by atoms with Crippen molar-refractivity contribution in [2.45, 2.75) is 10.9 Å². The number of rotatable bonds is 7. The van der Waals surface area contributed by atoms with Gasteiger partial charge in [0.25, 0.3) is 0 Å². The predicted octanol–water partition coefficient (Wildman–Crippen LogP) is 4.20. The van der Waals surface area contributed by atoms with Crippen LogP contribution >= 0.6 is 11.6 Å². The van der Waals surface area contributed by atoms with E-state index in [0.717, 1.165) is 6.20 Å². The lowest BCUT2D eigenvalue weighted by Crippen LogP contribution is -2.37. The van der Waals surface area contributed by atoms with Gasteiger partial charge in [-0.2, -0.15) is 5.26 Å². The average Bonchev–Trinajstić information content (AvgIpc) is 3.16. The third kappa shape index (κ3) is 4.30. The maximum Gasteiger partial charge on any atom is 0.242 e. The number of halogens is 3. The minimum Gasteiger partial charge on any atom is -0.291 e. The molecule has 0 aliphatic carbocycles. The number of nitrogens with zero attached hydrogens (tertiary/aromatic N) is 4. The van der Waals surface area contributed by atoms with Crippen LogP contribution in [-0.2, 0) is 10.0 Å². The average molecular weight is 488 g/mol. The molecule has 0 saturated heterocycles. The van der Waals surface area contributed by atoms with Gasteiger partial charge in [0.05, 0.1) is 28.5 Å². The van der Waals surface area contributed by atoms with Gasteiger partial charge in [0.2, 0.25) is 10.0 Å². The van der Waals surface area contributed by atoms with Crippen LogP contribution in [0.2, 0.25) is 5.02 Å². The summed E-state index contributed by atoms with van der Waals surface area (Å²) in [6, 6.07) is 13.8. The van der Waals surface area contributed by atoms with Gasteiger partial charge < -0.3 is 0 Å². The number of benzene rings is 1. The van der Waals surface area contributed by atoms with Crippen LogP contribution < -0.4 is 4.72 Å². The summed E-state index contributed by atoms with van der Waals surface area (Å²) >= 11 is 6.16. The molecule has 0 fully saturated rings. The number of hydrogen-bond donors (Lipinski definition) is 1. The van der Waals surface area contributed by atoms with Gasteiger partial charge in [-0.3, -0.25) is 9.55 Å². The second kappa shape index (κ2) is 9.23.